The Morgan fingerprint density at radius 3 is 2.24 bits per heavy atom. The van der Waals surface area contributed by atoms with E-state index in [0.29, 0.717) is 43.9 Å². The van der Waals surface area contributed by atoms with Gasteiger partial charge in [-0.3, -0.25) is 20.0 Å². The van der Waals surface area contributed by atoms with Crippen LogP contribution in [0.25, 0.3) is 0 Å². The average molecular weight is 754 g/mol. The predicted octanol–water partition coefficient (Wildman–Crippen LogP) is 3.86. The average Bonchev–Trinajstić information content (AvgIpc) is 3.43. The molecule has 14 heteroatoms. The molecule has 300 valence electrons. The molecular weight excluding hydrogens is 690 g/mol. The number of benzene rings is 1. The molecule has 5 amide bonds. The molecule has 1 aromatic heterocycles. The summed E-state index contributed by atoms with van der Waals surface area (Å²) in [6.45, 7) is 17.2. The lowest BCUT2D eigenvalue weighted by Crippen LogP contribution is -2.60. The number of carbonyl (C=O) groups excluding carboxylic acids is 4. The number of aromatic nitrogens is 1. The summed E-state index contributed by atoms with van der Waals surface area (Å²) >= 11 is 0. The van der Waals surface area contributed by atoms with E-state index in [1.54, 1.807) is 33.0 Å². The predicted molar refractivity (Wildman–Crippen MR) is 207 cm³/mol. The Morgan fingerprint density at radius 2 is 1.63 bits per heavy atom. The zero-order valence-electron chi connectivity index (χ0n) is 33.6. The summed E-state index contributed by atoms with van der Waals surface area (Å²) in [7, 11) is 1.28. The Bertz CT molecular complexity index is 1540. The van der Waals surface area contributed by atoms with Crippen molar-refractivity contribution in [2.45, 2.75) is 106 Å². The van der Waals surface area contributed by atoms with E-state index in [-0.39, 0.29) is 55.9 Å². The first kappa shape index (κ1) is 44.1. The van der Waals surface area contributed by atoms with Crippen molar-refractivity contribution in [3.63, 3.8) is 0 Å². The molecule has 0 saturated carbocycles. The van der Waals surface area contributed by atoms with Gasteiger partial charge in [0.1, 0.15) is 6.04 Å². The molecule has 0 radical (unpaired) electrons. The first-order chi connectivity index (χ1) is 25.2. The highest BCUT2D eigenvalue weighted by Gasteiger charge is 2.44. The smallest absolute Gasteiger partial charge is 0.406 e. The summed E-state index contributed by atoms with van der Waals surface area (Å²) < 4.78 is 4.67. The second-order valence-corrected chi connectivity index (χ2v) is 17.3. The molecule has 1 saturated heterocycles. The van der Waals surface area contributed by atoms with Crippen LogP contribution in [0.1, 0.15) is 85.2 Å². The van der Waals surface area contributed by atoms with Gasteiger partial charge >= 0.3 is 12.1 Å². The summed E-state index contributed by atoms with van der Waals surface area (Å²) in [4.78, 5) is 60.9. The summed E-state index contributed by atoms with van der Waals surface area (Å²) in [5.41, 5.74) is 3.73. The van der Waals surface area contributed by atoms with E-state index in [1.807, 2.05) is 65.0 Å². The number of nitrogens with zero attached hydrogens (tertiary/aromatic N) is 4. The number of ether oxygens (including phenoxy) is 1. The molecule has 0 bridgehead atoms. The molecule has 54 heavy (non-hydrogen) atoms. The maximum absolute atomic E-state index is 14.4. The van der Waals surface area contributed by atoms with Gasteiger partial charge in [-0.15, -0.1) is 0 Å². The van der Waals surface area contributed by atoms with Gasteiger partial charge in [0, 0.05) is 39.1 Å². The minimum absolute atomic E-state index is 0.0248. The van der Waals surface area contributed by atoms with Crippen molar-refractivity contribution in [1.82, 2.24) is 35.9 Å². The van der Waals surface area contributed by atoms with Gasteiger partial charge in [0.2, 0.25) is 11.8 Å². The molecular formula is C40H63N7O7. The van der Waals surface area contributed by atoms with E-state index in [1.165, 1.54) is 7.11 Å². The number of hydrazine groups is 1. The zero-order chi connectivity index (χ0) is 40.3. The van der Waals surface area contributed by atoms with E-state index in [4.69, 9.17) is 0 Å². The fraction of sp³-hybridized carbons (Fsp3) is 0.625. The topological polar surface area (TPSA) is 177 Å². The van der Waals surface area contributed by atoms with Crippen LogP contribution in [0.2, 0.25) is 0 Å². The Morgan fingerprint density at radius 1 is 0.963 bits per heavy atom. The molecule has 3 rings (SSSR count). The van der Waals surface area contributed by atoms with Crippen LogP contribution in [0, 0.1) is 16.2 Å². The van der Waals surface area contributed by atoms with Crippen molar-refractivity contribution in [2.24, 2.45) is 16.2 Å². The second-order valence-electron chi connectivity index (χ2n) is 17.3. The number of urea groups is 1. The van der Waals surface area contributed by atoms with Crippen molar-refractivity contribution < 1.29 is 34.1 Å². The summed E-state index contributed by atoms with van der Waals surface area (Å²) in [6, 6.07) is 12.9. The van der Waals surface area contributed by atoms with Crippen molar-refractivity contribution in [2.75, 3.05) is 39.8 Å². The third-order valence-corrected chi connectivity index (χ3v) is 9.33. The van der Waals surface area contributed by atoms with Crippen molar-refractivity contribution in [1.29, 1.82) is 0 Å². The number of aliphatic hydroxyl groups is 2. The number of carbonyl (C=O) groups is 4. The number of pyridine rings is 1. The normalized spacial score (nSPS) is 15.5. The van der Waals surface area contributed by atoms with E-state index in [9.17, 15) is 29.4 Å². The number of nitrogens with one attached hydrogen (secondary N) is 3. The molecule has 14 nitrogen and oxygen atoms in total. The van der Waals surface area contributed by atoms with Crippen LogP contribution in [-0.4, -0.2) is 112 Å². The monoisotopic (exact) mass is 753 g/mol. The fourth-order valence-corrected chi connectivity index (χ4v) is 6.42. The molecule has 0 spiro atoms. The van der Waals surface area contributed by atoms with E-state index >= 15 is 0 Å². The molecule has 2 heterocycles. The van der Waals surface area contributed by atoms with Crippen LogP contribution in [0.3, 0.4) is 0 Å². The molecule has 1 aliphatic rings. The molecule has 0 aliphatic carbocycles. The first-order valence-corrected chi connectivity index (χ1v) is 18.7. The molecule has 1 aliphatic heterocycles. The van der Waals surface area contributed by atoms with Gasteiger partial charge in [0.25, 0.3) is 0 Å². The van der Waals surface area contributed by atoms with Gasteiger partial charge in [-0.25, -0.2) is 14.6 Å². The minimum Gasteiger partial charge on any atom is -0.453 e. The maximum atomic E-state index is 14.4. The van der Waals surface area contributed by atoms with Crippen molar-refractivity contribution in [3.05, 3.63) is 65.5 Å². The number of alkyl carbamates (subject to hydrolysis) is 1. The minimum atomic E-state index is -1.11. The highest BCUT2D eigenvalue weighted by atomic mass is 16.5. The molecule has 2 aromatic rings. The number of methoxy groups -OCH3 is 1. The molecule has 3 atom stereocenters. The third kappa shape index (κ3) is 14.2. The van der Waals surface area contributed by atoms with Crippen LogP contribution in [-0.2, 0) is 33.9 Å². The number of hydrogen-bond acceptors (Lipinski definition) is 9. The van der Waals surface area contributed by atoms with Crippen LogP contribution in [0.5, 0.6) is 0 Å². The van der Waals surface area contributed by atoms with E-state index < -0.39 is 35.1 Å². The molecule has 3 unspecified atom stereocenters. The highest BCUT2D eigenvalue weighted by Crippen LogP contribution is 2.29. The maximum Gasteiger partial charge on any atom is 0.406 e. The lowest BCUT2D eigenvalue weighted by atomic mass is 9.84. The third-order valence-electron chi connectivity index (χ3n) is 9.33. The van der Waals surface area contributed by atoms with Crippen LogP contribution in [0.4, 0.5) is 9.59 Å². The summed E-state index contributed by atoms with van der Waals surface area (Å²) in [5, 5.41) is 28.9. The SMILES string of the molecule is COC(=O)NCC(C)(C)CC(=O)NN(CCC(C)(C)C)CC(O)C(Cc1ccccc1)NC(=O)C(N1CCN(Cc2cccc(CO)n2)C1=O)C(C)(C)C. The van der Waals surface area contributed by atoms with Crippen molar-refractivity contribution >= 4 is 23.9 Å². The lowest BCUT2D eigenvalue weighted by Gasteiger charge is -2.38. The van der Waals surface area contributed by atoms with Crippen molar-refractivity contribution in [3.8, 4) is 0 Å². The second kappa shape index (κ2) is 19.4. The van der Waals surface area contributed by atoms with Gasteiger partial charge in [0.05, 0.1) is 43.8 Å². The van der Waals surface area contributed by atoms with Gasteiger partial charge in [0.15, 0.2) is 0 Å². The standard InChI is InChI=1S/C40H63N7O7/c1-38(2,3)18-19-46(44-33(50)23-40(7,8)27-41-36(52)54-9)25-32(49)31(22-28-14-11-10-12-15-28)43-35(51)34(39(4,5)6)47-21-20-45(37(47)53)24-29-16-13-17-30(26-48)42-29/h10-17,31-32,34,48-49H,18-27H2,1-9H3,(H,41,52)(H,43,51)(H,44,50). The Kier molecular flexibility index (Phi) is 15.8. The Hall–Kier alpha value is -4.27. The fourth-order valence-electron chi connectivity index (χ4n) is 6.42. The Balaban J connectivity index is 1.83. The largest absolute Gasteiger partial charge is 0.453 e. The quantitative estimate of drug-likeness (QED) is 0.142. The van der Waals surface area contributed by atoms with Gasteiger partial charge in [-0.05, 0) is 46.8 Å². The van der Waals surface area contributed by atoms with Crippen LogP contribution in [0.15, 0.2) is 48.5 Å². The van der Waals surface area contributed by atoms with Crippen LogP contribution >= 0.6 is 0 Å². The number of aliphatic hydroxyl groups excluding tert-OH is 2. The number of rotatable bonds is 18. The van der Waals surface area contributed by atoms with Gasteiger partial charge in [-0.2, -0.15) is 0 Å². The first-order valence-electron chi connectivity index (χ1n) is 18.7. The molecule has 1 aromatic carbocycles. The zero-order valence-corrected chi connectivity index (χ0v) is 33.6. The number of amides is 5. The summed E-state index contributed by atoms with van der Waals surface area (Å²) in [5.74, 6) is -0.664. The highest BCUT2D eigenvalue weighted by molar-refractivity contribution is 5.89. The molecule has 5 N–H and O–H groups in total. The summed E-state index contributed by atoms with van der Waals surface area (Å²) in [6.07, 6.45) is -0.570. The lowest BCUT2D eigenvalue weighted by molar-refractivity contribution is -0.132. The van der Waals surface area contributed by atoms with Gasteiger partial charge < -0.3 is 35.4 Å². The van der Waals surface area contributed by atoms with E-state index in [2.05, 4.69) is 46.6 Å². The van der Waals surface area contributed by atoms with Gasteiger partial charge in [-0.1, -0.05) is 91.8 Å². The Labute approximate surface area is 321 Å². The van der Waals surface area contributed by atoms with Crippen LogP contribution < -0.4 is 16.1 Å². The number of hydrogen-bond donors (Lipinski definition) is 5. The van der Waals surface area contributed by atoms with E-state index in [0.717, 1.165) is 5.56 Å². The molecule has 1 fully saturated rings.